The minimum Gasteiger partial charge on any atom is -0.383 e. The molecule has 0 amide bonds. The number of nitrogens with one attached hydrogen (secondary N) is 1. The van der Waals surface area contributed by atoms with Gasteiger partial charge in [0.15, 0.2) is 0 Å². The second kappa shape index (κ2) is 6.50. The molecule has 2 rings (SSSR count). The van der Waals surface area contributed by atoms with Gasteiger partial charge >= 0.3 is 0 Å². The summed E-state index contributed by atoms with van der Waals surface area (Å²) in [5, 5.41) is 7.99. The van der Waals surface area contributed by atoms with E-state index in [1.807, 2.05) is 10.9 Å². The fraction of sp³-hybridized carbons (Fsp3) is 0.786. The predicted octanol–water partition coefficient (Wildman–Crippen LogP) is 1.92. The van der Waals surface area contributed by atoms with Crippen molar-refractivity contribution in [2.75, 3.05) is 20.3 Å². The van der Waals surface area contributed by atoms with Crippen molar-refractivity contribution in [2.45, 2.75) is 51.4 Å². The van der Waals surface area contributed by atoms with Gasteiger partial charge in [0.1, 0.15) is 6.10 Å². The Morgan fingerprint density at radius 1 is 1.53 bits per heavy atom. The van der Waals surface area contributed by atoms with Gasteiger partial charge in [-0.1, -0.05) is 0 Å². The van der Waals surface area contributed by atoms with Crippen LogP contribution < -0.4 is 5.32 Å². The molecule has 2 heterocycles. The highest BCUT2D eigenvalue weighted by molar-refractivity contribution is 5.10. The highest BCUT2D eigenvalue weighted by Gasteiger charge is 2.33. The number of hydrogen-bond donors (Lipinski definition) is 1. The summed E-state index contributed by atoms with van der Waals surface area (Å²) < 4.78 is 13.1. The van der Waals surface area contributed by atoms with Gasteiger partial charge in [0, 0.05) is 38.0 Å². The Bertz CT molecular complexity index is 392. The van der Waals surface area contributed by atoms with Crippen LogP contribution in [0.5, 0.6) is 0 Å². The normalized spacial score (nSPS) is 25.1. The van der Waals surface area contributed by atoms with E-state index in [-0.39, 0.29) is 6.10 Å². The van der Waals surface area contributed by atoms with E-state index in [2.05, 4.69) is 37.3 Å². The zero-order chi connectivity index (χ0) is 13.8. The van der Waals surface area contributed by atoms with E-state index in [1.165, 1.54) is 0 Å². The first-order valence-electron chi connectivity index (χ1n) is 7.03. The molecule has 0 spiro atoms. The van der Waals surface area contributed by atoms with Crippen molar-refractivity contribution < 1.29 is 9.47 Å². The first kappa shape index (κ1) is 14.5. The average Bonchev–Trinajstić information content (AvgIpc) is 2.96. The Balaban J connectivity index is 2.07. The number of methoxy groups -OCH3 is 1. The molecular weight excluding hydrogens is 242 g/mol. The molecule has 3 atom stereocenters. The van der Waals surface area contributed by atoms with Crippen LogP contribution in [0, 0.1) is 0 Å². The third-order valence-electron chi connectivity index (χ3n) is 3.49. The second-order valence-electron chi connectivity index (χ2n) is 5.50. The second-order valence-corrected chi connectivity index (χ2v) is 5.50. The van der Waals surface area contributed by atoms with Crippen LogP contribution in [0.3, 0.4) is 0 Å². The Labute approximate surface area is 115 Å². The topological polar surface area (TPSA) is 48.3 Å². The van der Waals surface area contributed by atoms with Crippen molar-refractivity contribution in [3.05, 3.63) is 18.0 Å². The molecule has 0 radical (unpaired) electrons. The minimum atomic E-state index is 0.0872. The lowest BCUT2D eigenvalue weighted by atomic mass is 10.1. The maximum absolute atomic E-state index is 5.92. The van der Waals surface area contributed by atoms with E-state index in [9.17, 15) is 0 Å². The summed E-state index contributed by atoms with van der Waals surface area (Å²) >= 11 is 0. The third-order valence-corrected chi connectivity index (χ3v) is 3.49. The first-order chi connectivity index (χ1) is 9.13. The van der Waals surface area contributed by atoms with E-state index in [4.69, 9.17) is 9.47 Å². The molecule has 5 heteroatoms. The van der Waals surface area contributed by atoms with Gasteiger partial charge in [-0.3, -0.25) is 4.68 Å². The van der Waals surface area contributed by atoms with E-state index < -0.39 is 0 Å². The van der Waals surface area contributed by atoms with Gasteiger partial charge in [-0.25, -0.2) is 0 Å². The van der Waals surface area contributed by atoms with Gasteiger partial charge in [-0.15, -0.1) is 0 Å². The van der Waals surface area contributed by atoms with Crippen LogP contribution >= 0.6 is 0 Å². The molecule has 1 N–H and O–H groups in total. The van der Waals surface area contributed by atoms with Crippen LogP contribution in [0.4, 0.5) is 0 Å². The molecule has 1 fully saturated rings. The van der Waals surface area contributed by atoms with E-state index in [1.54, 1.807) is 7.11 Å². The predicted molar refractivity (Wildman–Crippen MR) is 74.2 cm³/mol. The van der Waals surface area contributed by atoms with Crippen molar-refractivity contribution >= 4 is 0 Å². The molecule has 19 heavy (non-hydrogen) atoms. The number of aromatic nitrogens is 2. The monoisotopic (exact) mass is 267 g/mol. The van der Waals surface area contributed by atoms with Gasteiger partial charge in [-0.05, 0) is 33.3 Å². The van der Waals surface area contributed by atoms with Crippen LogP contribution in [0.1, 0.15) is 45.0 Å². The zero-order valence-corrected chi connectivity index (χ0v) is 12.3. The van der Waals surface area contributed by atoms with Crippen molar-refractivity contribution in [3.8, 4) is 0 Å². The molecular formula is C14H25N3O2. The van der Waals surface area contributed by atoms with E-state index in [0.717, 1.165) is 18.7 Å². The molecule has 1 aromatic rings. The molecule has 1 aromatic heterocycles. The third kappa shape index (κ3) is 3.35. The summed E-state index contributed by atoms with van der Waals surface area (Å²) in [7, 11) is 1.73. The SMILES string of the molecule is COC[C@H](C)N[C@H]1CCO[C@@H]1c1ccnn1C(C)C. The van der Waals surface area contributed by atoms with Gasteiger partial charge in [0.2, 0.25) is 0 Å². The van der Waals surface area contributed by atoms with Gasteiger partial charge in [0.25, 0.3) is 0 Å². The quantitative estimate of drug-likeness (QED) is 0.855. The molecule has 0 aromatic carbocycles. The van der Waals surface area contributed by atoms with Gasteiger partial charge in [0.05, 0.1) is 12.3 Å². The fourth-order valence-corrected chi connectivity index (χ4v) is 2.70. The van der Waals surface area contributed by atoms with Crippen LogP contribution in [-0.4, -0.2) is 42.2 Å². The summed E-state index contributed by atoms with van der Waals surface area (Å²) in [6.45, 7) is 7.93. The molecule has 0 unspecified atom stereocenters. The summed E-state index contributed by atoms with van der Waals surface area (Å²) in [5.41, 5.74) is 1.16. The summed E-state index contributed by atoms with van der Waals surface area (Å²) in [4.78, 5) is 0. The lowest BCUT2D eigenvalue weighted by molar-refractivity contribution is 0.0835. The van der Waals surface area contributed by atoms with Crippen molar-refractivity contribution in [2.24, 2.45) is 0 Å². The van der Waals surface area contributed by atoms with Gasteiger partial charge in [-0.2, -0.15) is 5.10 Å². The zero-order valence-electron chi connectivity index (χ0n) is 12.3. The number of rotatable bonds is 6. The number of hydrogen-bond acceptors (Lipinski definition) is 4. The summed E-state index contributed by atoms with van der Waals surface area (Å²) in [5.74, 6) is 0. The van der Waals surface area contributed by atoms with E-state index >= 15 is 0 Å². The summed E-state index contributed by atoms with van der Waals surface area (Å²) in [6.07, 6.45) is 2.97. The highest BCUT2D eigenvalue weighted by atomic mass is 16.5. The minimum absolute atomic E-state index is 0.0872. The molecule has 1 saturated heterocycles. The molecule has 5 nitrogen and oxygen atoms in total. The first-order valence-corrected chi connectivity index (χ1v) is 7.03. The van der Waals surface area contributed by atoms with Crippen molar-refractivity contribution in [1.29, 1.82) is 0 Å². The average molecular weight is 267 g/mol. The van der Waals surface area contributed by atoms with Crippen molar-refractivity contribution in [3.63, 3.8) is 0 Å². The Kier molecular flexibility index (Phi) is 4.96. The standard InChI is InChI=1S/C14H25N3O2/c1-10(2)17-13(5-7-15-17)14-12(6-8-19-14)16-11(3)9-18-4/h5,7,10-12,14,16H,6,8-9H2,1-4H3/t11-,12-,14-/m0/s1. The molecule has 1 aliphatic rings. The smallest absolute Gasteiger partial charge is 0.114 e. The Hall–Kier alpha value is -0.910. The summed E-state index contributed by atoms with van der Waals surface area (Å²) in [6, 6.07) is 3.08. The van der Waals surface area contributed by atoms with Crippen molar-refractivity contribution in [1.82, 2.24) is 15.1 Å². The van der Waals surface area contributed by atoms with E-state index in [0.29, 0.717) is 24.7 Å². The Morgan fingerprint density at radius 2 is 2.32 bits per heavy atom. The molecule has 1 aliphatic heterocycles. The molecule has 0 bridgehead atoms. The maximum atomic E-state index is 5.92. The molecule has 108 valence electrons. The largest absolute Gasteiger partial charge is 0.383 e. The maximum Gasteiger partial charge on any atom is 0.114 e. The van der Waals surface area contributed by atoms with Gasteiger partial charge < -0.3 is 14.8 Å². The number of ether oxygens (including phenoxy) is 2. The lowest BCUT2D eigenvalue weighted by Crippen LogP contribution is -2.41. The lowest BCUT2D eigenvalue weighted by Gasteiger charge is -2.25. The fourth-order valence-electron chi connectivity index (χ4n) is 2.70. The Morgan fingerprint density at radius 3 is 3.00 bits per heavy atom. The molecule has 0 aliphatic carbocycles. The highest BCUT2D eigenvalue weighted by Crippen LogP contribution is 2.30. The number of nitrogens with zero attached hydrogens (tertiary/aromatic N) is 2. The van der Waals surface area contributed by atoms with Crippen LogP contribution in [0.25, 0.3) is 0 Å². The van der Waals surface area contributed by atoms with Crippen LogP contribution in [0.15, 0.2) is 12.3 Å². The van der Waals surface area contributed by atoms with Crippen LogP contribution in [0.2, 0.25) is 0 Å². The van der Waals surface area contributed by atoms with Crippen LogP contribution in [-0.2, 0) is 9.47 Å². The molecule has 0 saturated carbocycles.